The van der Waals surface area contributed by atoms with Gasteiger partial charge in [-0.15, -0.1) is 0 Å². The van der Waals surface area contributed by atoms with Crippen molar-refractivity contribution in [1.29, 1.82) is 5.41 Å². The lowest BCUT2D eigenvalue weighted by molar-refractivity contribution is 0.307. The molecular formula is C14H20ClN3. The minimum atomic E-state index is 0.0589. The minimum absolute atomic E-state index is 0.0589. The maximum absolute atomic E-state index is 7.38. The van der Waals surface area contributed by atoms with Gasteiger partial charge in [0.15, 0.2) is 0 Å². The lowest BCUT2D eigenvalue weighted by Crippen LogP contribution is -2.21. The second kappa shape index (κ2) is 5.29. The molecule has 0 saturated heterocycles. The monoisotopic (exact) mass is 265 g/mol. The number of nitrogen functional groups attached to an aromatic ring is 1. The smallest absolute Gasteiger partial charge is 0.122 e. The quantitative estimate of drug-likeness (QED) is 0.635. The van der Waals surface area contributed by atoms with E-state index in [1.807, 2.05) is 12.1 Å². The Morgan fingerprint density at radius 3 is 2.72 bits per heavy atom. The summed E-state index contributed by atoms with van der Waals surface area (Å²) < 4.78 is 0. The van der Waals surface area contributed by atoms with Crippen LogP contribution in [-0.4, -0.2) is 24.3 Å². The Labute approximate surface area is 113 Å². The molecule has 0 bridgehead atoms. The molecular weight excluding hydrogens is 246 g/mol. The van der Waals surface area contributed by atoms with Crippen LogP contribution < -0.4 is 5.73 Å². The molecule has 0 heterocycles. The zero-order valence-corrected chi connectivity index (χ0v) is 11.7. The summed E-state index contributed by atoms with van der Waals surface area (Å²) in [4.78, 5) is 2.31. The Morgan fingerprint density at radius 1 is 1.56 bits per heavy atom. The fourth-order valence-electron chi connectivity index (χ4n) is 2.25. The highest BCUT2D eigenvalue weighted by Gasteiger charge is 2.33. The van der Waals surface area contributed by atoms with Crippen LogP contribution in [0.5, 0.6) is 0 Å². The summed E-state index contributed by atoms with van der Waals surface area (Å²) in [6.07, 6.45) is 1.35. The number of halogens is 1. The molecule has 1 saturated carbocycles. The van der Waals surface area contributed by atoms with Gasteiger partial charge in [-0.3, -0.25) is 5.41 Å². The molecule has 2 unspecified atom stereocenters. The van der Waals surface area contributed by atoms with Crippen LogP contribution in [0, 0.1) is 17.2 Å². The lowest BCUT2D eigenvalue weighted by Gasteiger charge is -2.17. The Bertz CT molecular complexity index is 458. The molecule has 3 N–H and O–H groups in total. The molecule has 1 aliphatic rings. The average Bonchev–Trinajstić information content (AvgIpc) is 2.96. The van der Waals surface area contributed by atoms with E-state index in [4.69, 9.17) is 22.7 Å². The molecule has 4 heteroatoms. The van der Waals surface area contributed by atoms with Gasteiger partial charge in [-0.05, 0) is 36.9 Å². The molecule has 1 aromatic rings. The number of rotatable bonds is 5. The third-order valence-electron chi connectivity index (χ3n) is 3.63. The molecule has 1 aromatic carbocycles. The molecule has 98 valence electrons. The molecule has 3 nitrogen and oxygen atoms in total. The van der Waals surface area contributed by atoms with Crippen molar-refractivity contribution in [2.24, 2.45) is 17.6 Å². The molecule has 2 rings (SSSR count). The average molecular weight is 266 g/mol. The normalized spacial score (nSPS) is 22.2. The van der Waals surface area contributed by atoms with Crippen molar-refractivity contribution in [2.75, 3.05) is 13.6 Å². The SMILES string of the molecule is CC1CC1CN(C)Cc1ccc(C(=N)N)cc1Cl. The van der Waals surface area contributed by atoms with Crippen molar-refractivity contribution in [3.8, 4) is 0 Å². The van der Waals surface area contributed by atoms with Gasteiger partial charge in [-0.1, -0.05) is 30.7 Å². The van der Waals surface area contributed by atoms with E-state index >= 15 is 0 Å². The molecule has 0 amide bonds. The van der Waals surface area contributed by atoms with Crippen LogP contribution in [0.4, 0.5) is 0 Å². The molecule has 0 radical (unpaired) electrons. The zero-order valence-electron chi connectivity index (χ0n) is 10.9. The number of nitrogens with zero attached hydrogens (tertiary/aromatic N) is 1. The number of benzene rings is 1. The Kier molecular flexibility index (Phi) is 3.93. The first-order valence-electron chi connectivity index (χ1n) is 6.28. The van der Waals surface area contributed by atoms with Crippen LogP contribution >= 0.6 is 11.6 Å². The topological polar surface area (TPSA) is 53.1 Å². The highest BCUT2D eigenvalue weighted by atomic mass is 35.5. The maximum atomic E-state index is 7.38. The summed E-state index contributed by atoms with van der Waals surface area (Å²) >= 11 is 6.22. The predicted octanol–water partition coefficient (Wildman–Crippen LogP) is 2.71. The Hall–Kier alpha value is -1.06. The fraction of sp³-hybridized carbons (Fsp3) is 0.500. The molecule has 0 spiro atoms. The number of nitrogens with one attached hydrogen (secondary N) is 1. The molecule has 0 aromatic heterocycles. The van der Waals surface area contributed by atoms with E-state index < -0.39 is 0 Å². The summed E-state index contributed by atoms with van der Waals surface area (Å²) in [5.74, 6) is 1.79. The standard InChI is InChI=1S/C14H20ClN3/c1-9-5-12(9)8-18(2)7-11-4-3-10(14(16)17)6-13(11)15/h3-4,6,9,12H,5,7-8H2,1-2H3,(H3,16,17). The van der Waals surface area contributed by atoms with Crippen molar-refractivity contribution in [1.82, 2.24) is 4.90 Å². The first-order chi connectivity index (χ1) is 8.47. The van der Waals surface area contributed by atoms with E-state index in [-0.39, 0.29) is 5.84 Å². The third kappa shape index (κ3) is 3.24. The second-order valence-corrected chi connectivity index (χ2v) is 5.80. The van der Waals surface area contributed by atoms with Crippen LogP contribution in [0.15, 0.2) is 18.2 Å². The van der Waals surface area contributed by atoms with Crippen molar-refractivity contribution < 1.29 is 0 Å². The van der Waals surface area contributed by atoms with Gasteiger partial charge in [0.1, 0.15) is 5.84 Å². The summed E-state index contributed by atoms with van der Waals surface area (Å²) in [6.45, 7) is 4.28. The number of hydrogen-bond acceptors (Lipinski definition) is 2. The molecule has 2 atom stereocenters. The first-order valence-corrected chi connectivity index (χ1v) is 6.66. The summed E-state index contributed by atoms with van der Waals surface area (Å²) in [6, 6.07) is 5.59. The summed E-state index contributed by atoms with van der Waals surface area (Å²) in [5, 5.41) is 8.07. The predicted molar refractivity (Wildman–Crippen MR) is 76.1 cm³/mol. The van der Waals surface area contributed by atoms with Gasteiger partial charge >= 0.3 is 0 Å². The van der Waals surface area contributed by atoms with Crippen molar-refractivity contribution in [3.63, 3.8) is 0 Å². The highest BCUT2D eigenvalue weighted by molar-refractivity contribution is 6.31. The van der Waals surface area contributed by atoms with E-state index in [9.17, 15) is 0 Å². The van der Waals surface area contributed by atoms with Crippen LogP contribution in [-0.2, 0) is 6.54 Å². The Balaban J connectivity index is 1.98. The molecule has 1 aliphatic carbocycles. The molecule has 0 aliphatic heterocycles. The fourth-order valence-corrected chi connectivity index (χ4v) is 2.49. The van der Waals surface area contributed by atoms with Gasteiger partial charge in [0.2, 0.25) is 0 Å². The Morgan fingerprint density at radius 2 is 2.22 bits per heavy atom. The molecule has 1 fully saturated rings. The van der Waals surface area contributed by atoms with Crippen LogP contribution in [0.25, 0.3) is 0 Å². The molecule has 18 heavy (non-hydrogen) atoms. The van der Waals surface area contributed by atoms with Crippen molar-refractivity contribution >= 4 is 17.4 Å². The van der Waals surface area contributed by atoms with Gasteiger partial charge in [0.05, 0.1) is 0 Å². The van der Waals surface area contributed by atoms with E-state index in [2.05, 4.69) is 18.9 Å². The van der Waals surface area contributed by atoms with Gasteiger partial charge in [0.25, 0.3) is 0 Å². The van der Waals surface area contributed by atoms with Gasteiger partial charge < -0.3 is 10.6 Å². The van der Waals surface area contributed by atoms with Gasteiger partial charge in [0, 0.05) is 23.7 Å². The van der Waals surface area contributed by atoms with Gasteiger partial charge in [-0.25, -0.2) is 0 Å². The largest absolute Gasteiger partial charge is 0.384 e. The lowest BCUT2D eigenvalue weighted by atomic mass is 10.1. The second-order valence-electron chi connectivity index (χ2n) is 5.39. The zero-order chi connectivity index (χ0) is 13.3. The maximum Gasteiger partial charge on any atom is 0.122 e. The van der Waals surface area contributed by atoms with Crippen LogP contribution in [0.3, 0.4) is 0 Å². The van der Waals surface area contributed by atoms with Crippen LogP contribution in [0.2, 0.25) is 5.02 Å². The minimum Gasteiger partial charge on any atom is -0.384 e. The number of nitrogens with two attached hydrogens (primary N) is 1. The first kappa shape index (κ1) is 13.4. The van der Waals surface area contributed by atoms with E-state index in [1.54, 1.807) is 6.07 Å². The number of amidine groups is 1. The third-order valence-corrected chi connectivity index (χ3v) is 3.98. The van der Waals surface area contributed by atoms with Crippen LogP contribution in [0.1, 0.15) is 24.5 Å². The summed E-state index contributed by atoms with van der Waals surface area (Å²) in [7, 11) is 2.13. The van der Waals surface area contributed by atoms with Crippen molar-refractivity contribution in [2.45, 2.75) is 19.9 Å². The van der Waals surface area contributed by atoms with Crippen molar-refractivity contribution in [3.05, 3.63) is 34.3 Å². The van der Waals surface area contributed by atoms with E-state index in [0.717, 1.165) is 30.5 Å². The van der Waals surface area contributed by atoms with Gasteiger partial charge in [-0.2, -0.15) is 0 Å². The highest BCUT2D eigenvalue weighted by Crippen LogP contribution is 2.38. The summed E-state index contributed by atoms with van der Waals surface area (Å²) in [5.41, 5.74) is 7.22. The number of hydrogen-bond donors (Lipinski definition) is 2. The van der Waals surface area contributed by atoms with E-state index in [0.29, 0.717) is 10.6 Å². The van der Waals surface area contributed by atoms with E-state index in [1.165, 1.54) is 6.42 Å².